The highest BCUT2D eigenvalue weighted by molar-refractivity contribution is 5.85. The number of hydrogen-bond donors (Lipinski definition) is 1. The molecule has 0 radical (unpaired) electrons. The summed E-state index contributed by atoms with van der Waals surface area (Å²) in [5.41, 5.74) is -0.687. The van der Waals surface area contributed by atoms with E-state index in [2.05, 4.69) is 5.32 Å². The van der Waals surface area contributed by atoms with Gasteiger partial charge in [-0.3, -0.25) is 4.79 Å². The SMILES string of the molecule is CN(C(=O)Cc1ccccc1C(F)(F)F)C1CCNCC1.Cl. The van der Waals surface area contributed by atoms with E-state index in [9.17, 15) is 18.0 Å². The van der Waals surface area contributed by atoms with Crippen LogP contribution in [0.25, 0.3) is 0 Å². The molecule has 1 heterocycles. The lowest BCUT2D eigenvalue weighted by molar-refractivity contribution is -0.138. The minimum absolute atomic E-state index is 0. The molecule has 3 nitrogen and oxygen atoms in total. The van der Waals surface area contributed by atoms with E-state index < -0.39 is 11.7 Å². The van der Waals surface area contributed by atoms with Gasteiger partial charge in [0, 0.05) is 13.1 Å². The molecule has 1 saturated heterocycles. The van der Waals surface area contributed by atoms with Crippen molar-refractivity contribution in [1.82, 2.24) is 10.2 Å². The second kappa shape index (κ2) is 7.83. The molecule has 1 fully saturated rings. The third-order valence-corrected chi connectivity index (χ3v) is 3.91. The average Bonchev–Trinajstić information content (AvgIpc) is 2.47. The second-order valence-corrected chi connectivity index (χ2v) is 5.32. The van der Waals surface area contributed by atoms with Crippen molar-refractivity contribution in [2.45, 2.75) is 31.5 Å². The minimum Gasteiger partial charge on any atom is -0.342 e. The first-order chi connectivity index (χ1) is 9.89. The smallest absolute Gasteiger partial charge is 0.342 e. The summed E-state index contributed by atoms with van der Waals surface area (Å²) in [5.74, 6) is -0.265. The Morgan fingerprint density at radius 1 is 1.27 bits per heavy atom. The lowest BCUT2D eigenvalue weighted by atomic mass is 10.0. The van der Waals surface area contributed by atoms with E-state index in [1.54, 1.807) is 11.9 Å². The van der Waals surface area contributed by atoms with Gasteiger partial charge in [-0.15, -0.1) is 12.4 Å². The van der Waals surface area contributed by atoms with Gasteiger partial charge in [0.05, 0.1) is 12.0 Å². The summed E-state index contributed by atoms with van der Waals surface area (Å²) in [4.78, 5) is 13.8. The Morgan fingerprint density at radius 2 is 1.86 bits per heavy atom. The van der Waals surface area contributed by atoms with Gasteiger partial charge in [0.2, 0.25) is 5.91 Å². The second-order valence-electron chi connectivity index (χ2n) is 5.32. The molecule has 0 aliphatic carbocycles. The molecule has 7 heteroatoms. The van der Waals surface area contributed by atoms with Crippen LogP contribution in [0.4, 0.5) is 13.2 Å². The van der Waals surface area contributed by atoms with E-state index in [0.717, 1.165) is 32.0 Å². The van der Waals surface area contributed by atoms with Gasteiger partial charge in [0.15, 0.2) is 0 Å². The summed E-state index contributed by atoms with van der Waals surface area (Å²) in [6, 6.07) is 5.37. The Bertz CT molecular complexity index is 502. The molecule has 124 valence electrons. The van der Waals surface area contributed by atoms with Crippen molar-refractivity contribution < 1.29 is 18.0 Å². The number of carbonyl (C=O) groups is 1. The molecule has 0 spiro atoms. The van der Waals surface area contributed by atoms with Crippen LogP contribution in [-0.2, 0) is 17.4 Å². The van der Waals surface area contributed by atoms with Crippen LogP contribution >= 0.6 is 12.4 Å². The van der Waals surface area contributed by atoms with Crippen molar-refractivity contribution in [3.05, 3.63) is 35.4 Å². The third kappa shape index (κ3) is 4.61. The van der Waals surface area contributed by atoms with Crippen molar-refractivity contribution in [2.75, 3.05) is 20.1 Å². The molecule has 0 saturated carbocycles. The average molecular weight is 337 g/mol. The van der Waals surface area contributed by atoms with Gasteiger partial charge in [0.1, 0.15) is 0 Å². The Morgan fingerprint density at radius 3 is 2.45 bits per heavy atom. The zero-order valence-electron chi connectivity index (χ0n) is 12.3. The summed E-state index contributed by atoms with van der Waals surface area (Å²) >= 11 is 0. The number of halogens is 4. The van der Waals surface area contributed by atoms with Gasteiger partial charge in [-0.2, -0.15) is 13.2 Å². The largest absolute Gasteiger partial charge is 0.416 e. The minimum atomic E-state index is -4.43. The molecule has 1 amide bonds. The number of nitrogens with zero attached hydrogens (tertiary/aromatic N) is 1. The van der Waals surface area contributed by atoms with Crippen LogP contribution < -0.4 is 5.32 Å². The van der Waals surface area contributed by atoms with Gasteiger partial charge in [-0.05, 0) is 37.6 Å². The van der Waals surface area contributed by atoms with Gasteiger partial charge in [-0.25, -0.2) is 0 Å². The molecule has 1 N–H and O–H groups in total. The number of amides is 1. The molecule has 2 rings (SSSR count). The van der Waals surface area contributed by atoms with Crippen molar-refractivity contribution in [1.29, 1.82) is 0 Å². The molecule has 1 aromatic rings. The Hall–Kier alpha value is -1.27. The molecule has 1 aromatic carbocycles. The zero-order valence-corrected chi connectivity index (χ0v) is 13.1. The number of alkyl halides is 3. The lowest BCUT2D eigenvalue weighted by Crippen LogP contribution is -2.44. The van der Waals surface area contributed by atoms with Crippen LogP contribution in [0, 0.1) is 0 Å². The van der Waals surface area contributed by atoms with Crippen molar-refractivity contribution >= 4 is 18.3 Å². The summed E-state index contributed by atoms with van der Waals surface area (Å²) in [6.45, 7) is 1.67. The molecular formula is C15H20ClF3N2O. The first-order valence-corrected chi connectivity index (χ1v) is 7.01. The lowest BCUT2D eigenvalue weighted by Gasteiger charge is -2.32. The fraction of sp³-hybridized carbons (Fsp3) is 0.533. The van der Waals surface area contributed by atoms with E-state index in [1.165, 1.54) is 18.2 Å². The molecule has 0 aromatic heterocycles. The molecule has 0 unspecified atom stereocenters. The van der Waals surface area contributed by atoms with E-state index in [1.807, 2.05) is 0 Å². The van der Waals surface area contributed by atoms with Crippen molar-refractivity contribution in [3.8, 4) is 0 Å². The van der Waals surface area contributed by atoms with Crippen molar-refractivity contribution in [3.63, 3.8) is 0 Å². The molecule has 1 aliphatic heterocycles. The maximum atomic E-state index is 12.9. The molecule has 1 aliphatic rings. The molecule has 0 bridgehead atoms. The predicted molar refractivity (Wildman–Crippen MR) is 81.1 cm³/mol. The number of benzene rings is 1. The Balaban J connectivity index is 0.00000242. The maximum absolute atomic E-state index is 12.9. The number of likely N-dealkylation sites (N-methyl/N-ethyl adjacent to an activating group) is 1. The Kier molecular flexibility index (Phi) is 6.68. The highest BCUT2D eigenvalue weighted by Crippen LogP contribution is 2.32. The zero-order chi connectivity index (χ0) is 15.5. The van der Waals surface area contributed by atoms with Gasteiger partial charge in [-0.1, -0.05) is 18.2 Å². The maximum Gasteiger partial charge on any atom is 0.416 e. The molecule has 22 heavy (non-hydrogen) atoms. The number of carbonyl (C=O) groups excluding carboxylic acids is 1. The van der Waals surface area contributed by atoms with Crippen LogP contribution in [0.3, 0.4) is 0 Å². The normalized spacial score (nSPS) is 16.0. The number of nitrogens with one attached hydrogen (secondary N) is 1. The van der Waals surface area contributed by atoms with Gasteiger partial charge in [0.25, 0.3) is 0 Å². The topological polar surface area (TPSA) is 32.3 Å². The fourth-order valence-electron chi connectivity index (χ4n) is 2.64. The van der Waals surface area contributed by atoms with Gasteiger partial charge >= 0.3 is 6.18 Å². The fourth-order valence-corrected chi connectivity index (χ4v) is 2.64. The van der Waals surface area contributed by atoms with E-state index in [0.29, 0.717) is 0 Å². The van der Waals surface area contributed by atoms with E-state index >= 15 is 0 Å². The Labute approximate surface area is 134 Å². The highest BCUT2D eigenvalue weighted by Gasteiger charge is 2.34. The summed E-state index contributed by atoms with van der Waals surface area (Å²) < 4.78 is 38.8. The van der Waals surface area contributed by atoms with Crippen LogP contribution in [0.5, 0.6) is 0 Å². The van der Waals surface area contributed by atoms with Gasteiger partial charge < -0.3 is 10.2 Å². The summed E-state index contributed by atoms with van der Waals surface area (Å²) in [5, 5.41) is 3.20. The monoisotopic (exact) mass is 336 g/mol. The summed E-state index contributed by atoms with van der Waals surface area (Å²) in [7, 11) is 1.68. The molecule has 0 atom stereocenters. The standard InChI is InChI=1S/C15H19F3N2O.ClH/c1-20(12-6-8-19-9-7-12)14(21)10-11-4-2-3-5-13(11)15(16,17)18;/h2-5,12,19H,6-10H2,1H3;1H. The quantitative estimate of drug-likeness (QED) is 0.920. The molecular weight excluding hydrogens is 317 g/mol. The van der Waals surface area contributed by atoms with Crippen molar-refractivity contribution in [2.24, 2.45) is 0 Å². The van der Waals surface area contributed by atoms with Crippen LogP contribution in [0.2, 0.25) is 0 Å². The summed E-state index contributed by atoms with van der Waals surface area (Å²) in [6.07, 6.45) is -2.97. The first kappa shape index (κ1) is 18.8. The van der Waals surface area contributed by atoms with E-state index in [-0.39, 0.29) is 36.3 Å². The number of hydrogen-bond acceptors (Lipinski definition) is 2. The van der Waals surface area contributed by atoms with E-state index in [4.69, 9.17) is 0 Å². The number of rotatable bonds is 3. The third-order valence-electron chi connectivity index (χ3n) is 3.91. The number of piperidine rings is 1. The highest BCUT2D eigenvalue weighted by atomic mass is 35.5. The van der Waals surface area contributed by atoms with Crippen LogP contribution in [0.15, 0.2) is 24.3 Å². The predicted octanol–water partition coefficient (Wildman–Crippen LogP) is 2.88. The van der Waals surface area contributed by atoms with Crippen LogP contribution in [0.1, 0.15) is 24.0 Å². The van der Waals surface area contributed by atoms with Crippen LogP contribution in [-0.4, -0.2) is 37.0 Å². The first-order valence-electron chi connectivity index (χ1n) is 7.01.